The number of hydrogen-bond acceptors (Lipinski definition) is 3. The van der Waals surface area contributed by atoms with Crippen molar-refractivity contribution in [3.8, 4) is 0 Å². The fraction of sp³-hybridized carbons (Fsp3) is 0.421. The summed E-state index contributed by atoms with van der Waals surface area (Å²) in [5, 5.41) is 4.00. The number of rotatable bonds is 5. The van der Waals surface area contributed by atoms with Crippen LogP contribution in [0.4, 0.5) is 17.2 Å². The summed E-state index contributed by atoms with van der Waals surface area (Å²) < 4.78 is 18.6. The number of nitrogens with zero attached hydrogens (tertiary/aromatic N) is 1. The van der Waals surface area contributed by atoms with Crippen molar-refractivity contribution in [3.63, 3.8) is 0 Å². The molecule has 0 aliphatic heterocycles. The number of aryl methyl sites for hydroxylation is 1. The molecule has 146 valence electrons. The Balaban J connectivity index is 1.95. The van der Waals surface area contributed by atoms with Crippen molar-refractivity contribution in [1.82, 2.24) is 4.57 Å². The van der Waals surface area contributed by atoms with Gasteiger partial charge in [0.25, 0.3) is 5.56 Å². The lowest BCUT2D eigenvalue weighted by molar-refractivity contribution is 0.498. The second-order valence-corrected chi connectivity index (χ2v) is 10.2. The van der Waals surface area contributed by atoms with Gasteiger partial charge in [0.1, 0.15) is 16.8 Å². The summed E-state index contributed by atoms with van der Waals surface area (Å²) in [6.45, 7) is 1.77. The molecule has 1 aliphatic rings. The number of pyridine rings is 1. The average Bonchev–Trinajstić information content (AvgIpc) is 2.65. The molecule has 0 bridgehead atoms. The van der Waals surface area contributed by atoms with Gasteiger partial charge in [-0.1, -0.05) is 22.2 Å². The first-order chi connectivity index (χ1) is 12.9. The quantitative estimate of drug-likeness (QED) is 0.329. The third kappa shape index (κ3) is 4.86. The largest absolute Gasteiger partial charge is 0.338 e. The molecule has 5 nitrogen and oxygen atoms in total. The monoisotopic (exact) mass is 520 g/mol. The molecule has 1 atom stereocenters. The SMILES string of the molecule is Cc1cc(N[SH+](=O)C2CCCCC2)c(Nc2ccc(I)cc2Cl)n(C)c1=O. The lowest BCUT2D eigenvalue weighted by atomic mass is 10.0. The van der Waals surface area contributed by atoms with E-state index in [2.05, 4.69) is 32.6 Å². The normalized spacial score (nSPS) is 16.1. The first-order valence-corrected chi connectivity index (χ1v) is 11.8. The van der Waals surface area contributed by atoms with E-state index in [1.165, 1.54) is 11.0 Å². The maximum Gasteiger partial charge on any atom is 0.254 e. The van der Waals surface area contributed by atoms with Crippen molar-refractivity contribution in [2.45, 2.75) is 44.3 Å². The first-order valence-electron chi connectivity index (χ1n) is 9.02. The third-order valence-electron chi connectivity index (χ3n) is 4.91. The van der Waals surface area contributed by atoms with Crippen molar-refractivity contribution < 1.29 is 4.21 Å². The molecule has 2 aromatic rings. The van der Waals surface area contributed by atoms with Crippen LogP contribution < -0.4 is 15.6 Å². The minimum Gasteiger partial charge on any atom is -0.338 e. The third-order valence-corrected chi connectivity index (χ3v) is 7.54. The Morgan fingerprint density at radius 2 is 1.89 bits per heavy atom. The van der Waals surface area contributed by atoms with Gasteiger partial charge in [0.2, 0.25) is 0 Å². The highest BCUT2D eigenvalue weighted by atomic mass is 127. The van der Waals surface area contributed by atoms with E-state index in [1.54, 1.807) is 20.0 Å². The lowest BCUT2D eigenvalue weighted by Gasteiger charge is -2.20. The Bertz CT molecular complexity index is 926. The van der Waals surface area contributed by atoms with E-state index in [-0.39, 0.29) is 10.8 Å². The van der Waals surface area contributed by atoms with E-state index in [1.807, 2.05) is 18.2 Å². The molecule has 0 saturated heterocycles. The maximum atomic E-state index is 12.9. The van der Waals surface area contributed by atoms with Crippen molar-refractivity contribution in [2.75, 3.05) is 10.0 Å². The van der Waals surface area contributed by atoms with Gasteiger partial charge in [0.05, 0.1) is 10.7 Å². The smallest absolute Gasteiger partial charge is 0.254 e. The Morgan fingerprint density at radius 3 is 2.56 bits per heavy atom. The molecule has 1 aromatic carbocycles. The van der Waals surface area contributed by atoms with Crippen LogP contribution >= 0.6 is 34.2 Å². The van der Waals surface area contributed by atoms with Gasteiger partial charge in [-0.05, 0) is 79.5 Å². The van der Waals surface area contributed by atoms with Gasteiger partial charge < -0.3 is 5.32 Å². The molecular formula is C19H24ClIN3O2S+. The van der Waals surface area contributed by atoms with Crippen molar-refractivity contribution in [3.05, 3.63) is 48.8 Å². The average molecular weight is 521 g/mol. The molecule has 1 fully saturated rings. The highest BCUT2D eigenvalue weighted by molar-refractivity contribution is 14.1. The molecule has 3 rings (SSSR count). The summed E-state index contributed by atoms with van der Waals surface area (Å²) in [6, 6.07) is 7.43. The van der Waals surface area contributed by atoms with Gasteiger partial charge >= 0.3 is 0 Å². The van der Waals surface area contributed by atoms with Crippen LogP contribution in [-0.4, -0.2) is 9.82 Å². The molecule has 0 amide bonds. The van der Waals surface area contributed by atoms with Gasteiger partial charge in [-0.15, -0.1) is 0 Å². The Hall–Kier alpha value is -1.06. The van der Waals surface area contributed by atoms with Crippen molar-refractivity contribution in [2.24, 2.45) is 7.05 Å². The predicted octanol–water partition coefficient (Wildman–Crippen LogP) is 5.05. The van der Waals surface area contributed by atoms with Crippen LogP contribution in [0.1, 0.15) is 37.7 Å². The zero-order valence-corrected chi connectivity index (χ0v) is 19.2. The predicted molar refractivity (Wildman–Crippen MR) is 124 cm³/mol. The van der Waals surface area contributed by atoms with Gasteiger partial charge in [-0.3, -0.25) is 9.36 Å². The summed E-state index contributed by atoms with van der Waals surface area (Å²) in [6.07, 6.45) is 5.44. The van der Waals surface area contributed by atoms with Crippen LogP contribution in [0.3, 0.4) is 0 Å². The second-order valence-electron chi connectivity index (χ2n) is 6.93. The molecule has 2 N–H and O–H groups in total. The zero-order chi connectivity index (χ0) is 19.6. The summed E-state index contributed by atoms with van der Waals surface area (Å²) in [4.78, 5) is 12.4. The van der Waals surface area contributed by atoms with Crippen molar-refractivity contribution >= 4 is 62.4 Å². The van der Waals surface area contributed by atoms with Crippen molar-refractivity contribution in [1.29, 1.82) is 0 Å². The van der Waals surface area contributed by atoms with Crippen LogP contribution in [-0.2, 0) is 22.2 Å². The van der Waals surface area contributed by atoms with E-state index in [9.17, 15) is 9.00 Å². The van der Waals surface area contributed by atoms with Crippen LogP contribution in [0.2, 0.25) is 5.02 Å². The highest BCUT2D eigenvalue weighted by Gasteiger charge is 2.26. The molecule has 0 spiro atoms. The van der Waals surface area contributed by atoms with Crippen LogP contribution in [0.5, 0.6) is 0 Å². The fourth-order valence-corrected chi connectivity index (χ4v) is 5.70. The Morgan fingerprint density at radius 1 is 1.19 bits per heavy atom. The van der Waals surface area contributed by atoms with Gasteiger partial charge in [-0.2, -0.15) is 0 Å². The molecule has 1 unspecified atom stereocenters. The number of aromatic nitrogens is 1. The number of benzene rings is 1. The maximum absolute atomic E-state index is 12.9. The van der Waals surface area contributed by atoms with E-state index < -0.39 is 11.0 Å². The van der Waals surface area contributed by atoms with E-state index in [4.69, 9.17) is 11.6 Å². The Labute approximate surface area is 180 Å². The van der Waals surface area contributed by atoms with Crippen LogP contribution in [0, 0.1) is 10.5 Å². The summed E-state index contributed by atoms with van der Waals surface area (Å²) in [5.74, 6) is 0.563. The molecule has 1 heterocycles. The first kappa shape index (κ1) is 20.7. The second kappa shape index (κ2) is 8.96. The van der Waals surface area contributed by atoms with Gasteiger partial charge in [0.15, 0.2) is 11.0 Å². The molecule has 1 aliphatic carbocycles. The zero-order valence-electron chi connectivity index (χ0n) is 15.4. The number of nitrogens with one attached hydrogen (secondary N) is 2. The van der Waals surface area contributed by atoms with Crippen LogP contribution in [0.15, 0.2) is 29.1 Å². The van der Waals surface area contributed by atoms with E-state index >= 15 is 0 Å². The van der Waals surface area contributed by atoms with Gasteiger partial charge in [-0.25, -0.2) is 4.72 Å². The van der Waals surface area contributed by atoms with Gasteiger partial charge in [0, 0.05) is 16.2 Å². The summed E-state index contributed by atoms with van der Waals surface area (Å²) in [5.41, 5.74) is 1.87. The number of thiol groups is 1. The standard InChI is InChI=1S/C19H23ClIN3O2S/c1-12-10-17(23-27(26)14-6-4-3-5-7-14)18(24(2)19(12)25)22-16-9-8-13(21)11-15(16)20/h8-11,14,22H,3-7H2,1-2H3,(H,23,26)/p+1. The number of hydrogen-bond donors (Lipinski definition) is 2. The molecule has 0 radical (unpaired) electrons. The van der Waals surface area contributed by atoms with E-state index in [0.717, 1.165) is 29.3 Å². The fourth-order valence-electron chi connectivity index (χ4n) is 3.37. The minimum atomic E-state index is -1.60. The summed E-state index contributed by atoms with van der Waals surface area (Å²) in [7, 11) is 0.103. The molecular weight excluding hydrogens is 497 g/mol. The van der Waals surface area contributed by atoms with Crippen LogP contribution in [0.25, 0.3) is 0 Å². The minimum absolute atomic E-state index is 0.0995. The molecule has 1 saturated carbocycles. The Kier molecular flexibility index (Phi) is 6.86. The summed E-state index contributed by atoms with van der Waals surface area (Å²) >= 11 is 8.55. The molecule has 1 aromatic heterocycles. The van der Waals surface area contributed by atoms with E-state index in [0.29, 0.717) is 27.8 Å². The lowest BCUT2D eigenvalue weighted by Crippen LogP contribution is -2.27. The highest BCUT2D eigenvalue weighted by Crippen LogP contribution is 2.31. The molecule has 27 heavy (non-hydrogen) atoms. The number of halogens is 2. The number of anilines is 3. The molecule has 8 heteroatoms. The topological polar surface area (TPSA) is 63.1 Å².